The molecule has 0 aromatic rings. The van der Waals surface area contributed by atoms with Gasteiger partial charge in [0.15, 0.2) is 0 Å². The van der Waals surface area contributed by atoms with Gasteiger partial charge in [0.1, 0.15) is 0 Å². The quantitative estimate of drug-likeness (QED) is 0.712. The Labute approximate surface area is 104 Å². The molecule has 0 aromatic heterocycles. The molecule has 0 radical (unpaired) electrons. The van der Waals surface area contributed by atoms with Crippen LogP contribution in [0.4, 0.5) is 13.2 Å². The van der Waals surface area contributed by atoms with Crippen LogP contribution in [0.2, 0.25) is 0 Å². The Morgan fingerprint density at radius 2 is 2.22 bits per heavy atom. The van der Waals surface area contributed by atoms with Crippen molar-refractivity contribution in [1.82, 2.24) is 15.5 Å². The number of nitrogens with zero attached hydrogens (tertiary/aromatic N) is 1. The summed E-state index contributed by atoms with van der Waals surface area (Å²) in [5.74, 6) is -0.462. The maximum absolute atomic E-state index is 11.8. The molecule has 1 aliphatic heterocycles. The number of hydrogen-bond donors (Lipinski definition) is 2. The summed E-state index contributed by atoms with van der Waals surface area (Å²) in [6, 6.07) is 0. The Morgan fingerprint density at radius 3 is 2.83 bits per heavy atom. The van der Waals surface area contributed by atoms with Crippen LogP contribution in [-0.2, 0) is 9.53 Å². The zero-order valence-electron chi connectivity index (χ0n) is 10.2. The molecule has 0 bridgehead atoms. The lowest BCUT2D eigenvalue weighted by Crippen LogP contribution is -2.47. The van der Waals surface area contributed by atoms with E-state index < -0.39 is 18.6 Å². The number of rotatable bonds is 5. The minimum absolute atomic E-state index is 0.102. The molecule has 1 aliphatic rings. The summed E-state index contributed by atoms with van der Waals surface area (Å²) >= 11 is 0. The SMILES string of the molecule is CN1CCOC(CNC(=O)CNCC(F)(F)F)C1. The van der Waals surface area contributed by atoms with Gasteiger partial charge in [-0.1, -0.05) is 0 Å². The lowest BCUT2D eigenvalue weighted by molar-refractivity contribution is -0.128. The zero-order valence-corrected chi connectivity index (χ0v) is 10.2. The van der Waals surface area contributed by atoms with Gasteiger partial charge in [0.2, 0.25) is 5.91 Å². The number of carbonyl (C=O) groups excluding carboxylic acids is 1. The maximum Gasteiger partial charge on any atom is 0.401 e. The Hall–Kier alpha value is -0.860. The molecule has 5 nitrogen and oxygen atoms in total. The van der Waals surface area contributed by atoms with Crippen LogP contribution in [0.1, 0.15) is 0 Å². The van der Waals surface area contributed by atoms with E-state index in [1.807, 2.05) is 12.4 Å². The topological polar surface area (TPSA) is 53.6 Å². The number of hydrogen-bond acceptors (Lipinski definition) is 4. The first-order valence-electron chi connectivity index (χ1n) is 5.71. The number of nitrogens with one attached hydrogen (secondary N) is 2. The Balaban J connectivity index is 2.09. The van der Waals surface area contributed by atoms with Gasteiger partial charge in [-0.05, 0) is 7.05 Å². The average molecular weight is 269 g/mol. The second-order valence-corrected chi connectivity index (χ2v) is 4.28. The largest absolute Gasteiger partial charge is 0.401 e. The van der Waals surface area contributed by atoms with Crippen LogP contribution < -0.4 is 10.6 Å². The number of alkyl halides is 3. The lowest BCUT2D eigenvalue weighted by atomic mass is 10.3. The van der Waals surface area contributed by atoms with E-state index in [-0.39, 0.29) is 12.6 Å². The van der Waals surface area contributed by atoms with Crippen molar-refractivity contribution in [2.75, 3.05) is 46.4 Å². The van der Waals surface area contributed by atoms with Crippen molar-refractivity contribution >= 4 is 5.91 Å². The molecular weight excluding hydrogens is 251 g/mol. The van der Waals surface area contributed by atoms with Gasteiger partial charge in [-0.2, -0.15) is 13.2 Å². The third-order valence-electron chi connectivity index (χ3n) is 2.48. The summed E-state index contributed by atoms with van der Waals surface area (Å²) in [5, 5.41) is 4.57. The highest BCUT2D eigenvalue weighted by molar-refractivity contribution is 5.77. The van der Waals surface area contributed by atoms with Gasteiger partial charge in [-0.25, -0.2) is 0 Å². The molecule has 0 saturated carbocycles. The van der Waals surface area contributed by atoms with E-state index in [4.69, 9.17) is 4.74 Å². The molecule has 0 aromatic carbocycles. The summed E-state index contributed by atoms with van der Waals surface area (Å²) in [6.07, 6.45) is -4.40. The van der Waals surface area contributed by atoms with Gasteiger partial charge in [0, 0.05) is 19.6 Å². The van der Waals surface area contributed by atoms with E-state index in [1.165, 1.54) is 0 Å². The highest BCUT2D eigenvalue weighted by Gasteiger charge is 2.26. The van der Waals surface area contributed by atoms with Crippen LogP contribution in [0, 0.1) is 0 Å². The van der Waals surface area contributed by atoms with E-state index in [2.05, 4.69) is 10.2 Å². The first-order chi connectivity index (χ1) is 8.37. The molecule has 1 unspecified atom stereocenters. The molecule has 8 heteroatoms. The molecule has 1 saturated heterocycles. The molecule has 1 atom stereocenters. The van der Waals surface area contributed by atoms with Crippen molar-refractivity contribution in [2.24, 2.45) is 0 Å². The van der Waals surface area contributed by atoms with Crippen LogP contribution in [0.5, 0.6) is 0 Å². The molecule has 18 heavy (non-hydrogen) atoms. The van der Waals surface area contributed by atoms with Gasteiger partial charge >= 0.3 is 6.18 Å². The fourth-order valence-corrected chi connectivity index (χ4v) is 1.60. The van der Waals surface area contributed by atoms with Gasteiger partial charge in [-0.15, -0.1) is 0 Å². The van der Waals surface area contributed by atoms with Gasteiger partial charge in [0.25, 0.3) is 0 Å². The smallest absolute Gasteiger partial charge is 0.374 e. The average Bonchev–Trinajstić information content (AvgIpc) is 2.25. The standard InChI is InChI=1S/C10H18F3N3O2/c1-16-2-3-18-8(6-16)4-15-9(17)5-14-7-10(11,12)13/h8,14H,2-7H2,1H3,(H,15,17). The minimum atomic E-state index is -4.30. The minimum Gasteiger partial charge on any atom is -0.374 e. The number of morpholine rings is 1. The predicted octanol–water partition coefficient (Wildman–Crippen LogP) is -0.415. The highest BCUT2D eigenvalue weighted by atomic mass is 19.4. The number of ether oxygens (including phenoxy) is 1. The maximum atomic E-state index is 11.8. The summed E-state index contributed by atoms with van der Waals surface area (Å²) in [5.41, 5.74) is 0. The third kappa shape index (κ3) is 6.77. The monoisotopic (exact) mass is 269 g/mol. The van der Waals surface area contributed by atoms with E-state index in [0.717, 1.165) is 6.54 Å². The molecule has 0 aliphatic carbocycles. The first kappa shape index (κ1) is 15.2. The van der Waals surface area contributed by atoms with Crippen LogP contribution in [0.25, 0.3) is 0 Å². The Bertz CT molecular complexity index is 274. The van der Waals surface area contributed by atoms with Gasteiger partial charge < -0.3 is 20.3 Å². The van der Waals surface area contributed by atoms with Crippen molar-refractivity contribution in [3.63, 3.8) is 0 Å². The van der Waals surface area contributed by atoms with Gasteiger partial charge in [-0.3, -0.25) is 4.79 Å². The van der Waals surface area contributed by atoms with Crippen LogP contribution in [-0.4, -0.2) is 69.5 Å². The molecule has 1 rings (SSSR count). The fraction of sp³-hybridized carbons (Fsp3) is 0.900. The molecule has 106 valence electrons. The fourth-order valence-electron chi connectivity index (χ4n) is 1.60. The summed E-state index contributed by atoms with van der Waals surface area (Å²) in [7, 11) is 1.95. The summed E-state index contributed by atoms with van der Waals surface area (Å²) in [4.78, 5) is 13.3. The lowest BCUT2D eigenvalue weighted by Gasteiger charge is -2.30. The van der Waals surface area contributed by atoms with E-state index in [1.54, 1.807) is 0 Å². The van der Waals surface area contributed by atoms with Crippen molar-refractivity contribution in [3.05, 3.63) is 0 Å². The van der Waals surface area contributed by atoms with Crippen LogP contribution in [0.3, 0.4) is 0 Å². The number of likely N-dealkylation sites (N-methyl/N-ethyl adjacent to an activating group) is 1. The van der Waals surface area contributed by atoms with E-state index in [0.29, 0.717) is 19.7 Å². The Kier molecular flexibility index (Phi) is 5.83. The van der Waals surface area contributed by atoms with Gasteiger partial charge in [0.05, 0.1) is 25.8 Å². The zero-order chi connectivity index (χ0) is 13.6. The summed E-state index contributed by atoms with van der Waals surface area (Å²) < 4.78 is 40.8. The van der Waals surface area contributed by atoms with E-state index >= 15 is 0 Å². The number of carbonyl (C=O) groups is 1. The molecule has 1 amide bonds. The van der Waals surface area contributed by atoms with Crippen molar-refractivity contribution < 1.29 is 22.7 Å². The number of amides is 1. The van der Waals surface area contributed by atoms with Crippen molar-refractivity contribution in [1.29, 1.82) is 0 Å². The normalized spacial score (nSPS) is 21.9. The highest BCUT2D eigenvalue weighted by Crippen LogP contribution is 2.11. The predicted molar refractivity (Wildman–Crippen MR) is 59.2 cm³/mol. The molecule has 0 spiro atoms. The van der Waals surface area contributed by atoms with Crippen LogP contribution >= 0.6 is 0 Å². The second-order valence-electron chi connectivity index (χ2n) is 4.28. The molecule has 1 heterocycles. The molecule has 2 N–H and O–H groups in total. The molecular formula is C10H18F3N3O2. The molecule has 1 fully saturated rings. The van der Waals surface area contributed by atoms with Crippen molar-refractivity contribution in [3.8, 4) is 0 Å². The third-order valence-corrected chi connectivity index (χ3v) is 2.48. The van der Waals surface area contributed by atoms with Crippen molar-refractivity contribution in [2.45, 2.75) is 12.3 Å². The summed E-state index contributed by atoms with van der Waals surface area (Å²) in [6.45, 7) is 0.958. The second kappa shape index (κ2) is 6.91. The number of halogens is 3. The van der Waals surface area contributed by atoms with E-state index in [9.17, 15) is 18.0 Å². The van der Waals surface area contributed by atoms with Crippen LogP contribution in [0.15, 0.2) is 0 Å². The first-order valence-corrected chi connectivity index (χ1v) is 5.71. The Morgan fingerprint density at radius 1 is 1.50 bits per heavy atom.